The number of halogens is 1. The normalized spacial score (nSPS) is 12.0. The predicted molar refractivity (Wildman–Crippen MR) is 140 cm³/mol. The molecule has 0 saturated carbocycles. The molecule has 0 radical (unpaired) electrons. The monoisotopic (exact) mass is 547 g/mol. The fourth-order valence-corrected chi connectivity index (χ4v) is 4.97. The molecular formula is C24H22ClN3O6S2. The first-order valence-electron chi connectivity index (χ1n) is 10.4. The molecule has 3 aromatic rings. The van der Waals surface area contributed by atoms with E-state index in [9.17, 15) is 27.9 Å². The summed E-state index contributed by atoms with van der Waals surface area (Å²) in [6.07, 6.45) is 1.86. The van der Waals surface area contributed by atoms with Crippen LogP contribution in [0, 0.1) is 0 Å². The molecule has 1 atom stereocenters. The van der Waals surface area contributed by atoms with Gasteiger partial charge < -0.3 is 21.5 Å². The van der Waals surface area contributed by atoms with Gasteiger partial charge in [-0.3, -0.25) is 14.4 Å². The van der Waals surface area contributed by atoms with Crippen LogP contribution in [0.5, 0.6) is 5.75 Å². The second kappa shape index (κ2) is 11.0. The van der Waals surface area contributed by atoms with E-state index in [0.29, 0.717) is 0 Å². The van der Waals surface area contributed by atoms with Crippen LogP contribution >= 0.6 is 23.4 Å². The van der Waals surface area contributed by atoms with Crippen molar-refractivity contribution in [2.24, 2.45) is 5.73 Å². The minimum atomic E-state index is -3.98. The highest BCUT2D eigenvalue weighted by Gasteiger charge is 2.30. The highest BCUT2D eigenvalue weighted by atomic mass is 35.5. The van der Waals surface area contributed by atoms with Crippen LogP contribution in [0.15, 0.2) is 70.5 Å². The average molecular weight is 548 g/mol. The Hall–Kier alpha value is -3.54. The zero-order valence-electron chi connectivity index (χ0n) is 19.1. The summed E-state index contributed by atoms with van der Waals surface area (Å²) in [4.78, 5) is 37.2. The van der Waals surface area contributed by atoms with Gasteiger partial charge in [0.05, 0.1) is 21.3 Å². The predicted octanol–water partition coefficient (Wildman–Crippen LogP) is 3.92. The van der Waals surface area contributed by atoms with Crippen LogP contribution in [0.4, 0.5) is 11.4 Å². The maximum Gasteiger partial charge on any atom is 0.255 e. The Morgan fingerprint density at radius 1 is 0.944 bits per heavy atom. The van der Waals surface area contributed by atoms with E-state index in [-0.39, 0.29) is 32.4 Å². The number of amides is 3. The number of aromatic hydroxyl groups is 1. The third-order valence-corrected chi connectivity index (χ3v) is 8.38. The Labute approximate surface area is 217 Å². The number of phenolic OH excluding ortho intramolecular Hbond substituents is 1. The first kappa shape index (κ1) is 27.1. The molecule has 3 amide bonds. The lowest BCUT2D eigenvalue weighted by Crippen LogP contribution is -2.32. The Morgan fingerprint density at radius 2 is 1.53 bits per heavy atom. The summed E-state index contributed by atoms with van der Waals surface area (Å²) in [5, 5.41) is 13.8. The quantitative estimate of drug-likeness (QED) is 0.246. The van der Waals surface area contributed by atoms with Gasteiger partial charge in [0.1, 0.15) is 11.0 Å². The van der Waals surface area contributed by atoms with Crippen molar-refractivity contribution in [3.8, 4) is 5.75 Å². The van der Waals surface area contributed by atoms with E-state index in [2.05, 4.69) is 10.6 Å². The first-order valence-corrected chi connectivity index (χ1v) is 13.5. The number of carbonyl (C=O) groups excluding carboxylic acids is 3. The Bertz CT molecular complexity index is 1430. The van der Waals surface area contributed by atoms with E-state index in [4.69, 9.17) is 17.3 Å². The van der Waals surface area contributed by atoms with Gasteiger partial charge in [0.2, 0.25) is 11.8 Å². The number of benzene rings is 3. The maximum atomic E-state index is 12.9. The third kappa shape index (κ3) is 5.99. The molecule has 1 unspecified atom stereocenters. The summed E-state index contributed by atoms with van der Waals surface area (Å²) in [5.41, 5.74) is 5.52. The summed E-state index contributed by atoms with van der Waals surface area (Å²) in [7, 11) is -3.98. The SMILES string of the molecule is CSc1ccc(S(=O)(=O)C(C)C(=O)Nc2cc(O)c(NC(=O)c3ccc(C(N)=O)cc3)cc2Cl)cc1. The van der Waals surface area contributed by atoms with Crippen molar-refractivity contribution in [3.05, 3.63) is 76.8 Å². The van der Waals surface area contributed by atoms with E-state index in [0.717, 1.165) is 11.0 Å². The molecule has 12 heteroatoms. The molecular weight excluding hydrogens is 526 g/mol. The lowest BCUT2D eigenvalue weighted by molar-refractivity contribution is -0.115. The maximum absolute atomic E-state index is 12.9. The minimum Gasteiger partial charge on any atom is -0.506 e. The third-order valence-electron chi connectivity index (χ3n) is 5.25. The van der Waals surface area contributed by atoms with E-state index >= 15 is 0 Å². The van der Waals surface area contributed by atoms with Crippen LogP contribution in [0.25, 0.3) is 0 Å². The number of primary amides is 1. The molecule has 0 aliphatic rings. The molecule has 188 valence electrons. The van der Waals surface area contributed by atoms with Crippen LogP contribution in [0.1, 0.15) is 27.6 Å². The molecule has 0 saturated heterocycles. The molecule has 0 spiro atoms. The van der Waals surface area contributed by atoms with Crippen molar-refractivity contribution in [1.29, 1.82) is 0 Å². The van der Waals surface area contributed by atoms with Gasteiger partial charge in [0.25, 0.3) is 5.91 Å². The second-order valence-corrected chi connectivity index (χ2v) is 11.2. The first-order chi connectivity index (χ1) is 16.9. The molecule has 9 nitrogen and oxygen atoms in total. The molecule has 5 N–H and O–H groups in total. The fraction of sp³-hybridized carbons (Fsp3) is 0.125. The topological polar surface area (TPSA) is 156 Å². The van der Waals surface area contributed by atoms with Crippen LogP contribution in [-0.2, 0) is 14.6 Å². The zero-order valence-corrected chi connectivity index (χ0v) is 21.5. The lowest BCUT2D eigenvalue weighted by atomic mass is 10.1. The number of phenols is 1. The number of rotatable bonds is 8. The highest BCUT2D eigenvalue weighted by Crippen LogP contribution is 2.34. The van der Waals surface area contributed by atoms with Crippen LogP contribution in [0.3, 0.4) is 0 Å². The lowest BCUT2D eigenvalue weighted by Gasteiger charge is -2.16. The molecule has 0 aliphatic heterocycles. The summed E-state index contributed by atoms with van der Waals surface area (Å²) in [6, 6.07) is 14.0. The molecule has 3 aromatic carbocycles. The minimum absolute atomic E-state index is 0.00110. The number of carbonyl (C=O) groups is 3. The van der Waals surface area contributed by atoms with E-state index in [1.165, 1.54) is 61.2 Å². The van der Waals surface area contributed by atoms with E-state index in [1.807, 2.05) is 6.26 Å². The number of nitrogens with two attached hydrogens (primary N) is 1. The molecule has 0 heterocycles. The van der Waals surface area contributed by atoms with Gasteiger partial charge in [-0.2, -0.15) is 0 Å². The smallest absolute Gasteiger partial charge is 0.255 e. The number of hydrogen-bond donors (Lipinski definition) is 4. The van der Waals surface area contributed by atoms with Crippen LogP contribution < -0.4 is 16.4 Å². The molecule has 3 rings (SSSR count). The standard InChI is InChI=1S/C24H22ClN3O6S2/c1-13(36(33,34)17-9-7-16(35-2)8-10-17)23(31)27-19-12-21(29)20(11-18(19)25)28-24(32)15-5-3-14(4-6-15)22(26)30/h3-13,29H,1-2H3,(H2,26,30)(H,27,31)(H,28,32). The summed E-state index contributed by atoms with van der Waals surface area (Å²) in [6.45, 7) is 1.25. The van der Waals surface area contributed by atoms with Gasteiger partial charge in [-0.15, -0.1) is 11.8 Å². The number of thioether (sulfide) groups is 1. The van der Waals surface area contributed by atoms with Crippen molar-refractivity contribution in [3.63, 3.8) is 0 Å². The number of anilines is 2. The van der Waals surface area contributed by atoms with Crippen molar-refractivity contribution < 1.29 is 27.9 Å². The van der Waals surface area contributed by atoms with Gasteiger partial charge in [-0.05, 0) is 67.8 Å². The summed E-state index contributed by atoms with van der Waals surface area (Å²) in [5.74, 6) is -2.50. The van der Waals surface area contributed by atoms with Crippen molar-refractivity contribution in [2.45, 2.75) is 22.0 Å². The summed E-state index contributed by atoms with van der Waals surface area (Å²) >= 11 is 7.68. The molecule has 36 heavy (non-hydrogen) atoms. The Balaban J connectivity index is 1.74. The molecule has 0 aromatic heterocycles. The molecule has 0 aliphatic carbocycles. The van der Waals surface area contributed by atoms with Gasteiger partial charge in [0.15, 0.2) is 9.84 Å². The van der Waals surface area contributed by atoms with Crippen LogP contribution in [-0.4, -0.2) is 42.8 Å². The Morgan fingerprint density at radius 3 is 2.08 bits per heavy atom. The number of nitrogens with one attached hydrogen (secondary N) is 2. The van der Waals surface area contributed by atoms with E-state index < -0.39 is 38.6 Å². The average Bonchev–Trinajstić information content (AvgIpc) is 2.86. The fourth-order valence-electron chi connectivity index (χ4n) is 3.08. The van der Waals surface area contributed by atoms with Crippen molar-refractivity contribution >= 4 is 62.3 Å². The molecule has 0 fully saturated rings. The summed E-state index contributed by atoms with van der Waals surface area (Å²) < 4.78 is 25.7. The number of hydrogen-bond acceptors (Lipinski definition) is 7. The Kier molecular flexibility index (Phi) is 8.28. The van der Waals surface area contributed by atoms with Crippen LogP contribution in [0.2, 0.25) is 5.02 Å². The van der Waals surface area contributed by atoms with E-state index in [1.54, 1.807) is 12.1 Å². The zero-order chi connectivity index (χ0) is 26.6. The van der Waals surface area contributed by atoms with Crippen molar-refractivity contribution in [2.75, 3.05) is 16.9 Å². The largest absolute Gasteiger partial charge is 0.506 e. The second-order valence-electron chi connectivity index (χ2n) is 7.60. The molecule has 0 bridgehead atoms. The van der Waals surface area contributed by atoms with Gasteiger partial charge in [-0.1, -0.05) is 11.6 Å². The highest BCUT2D eigenvalue weighted by molar-refractivity contribution is 7.98. The number of sulfone groups is 1. The van der Waals surface area contributed by atoms with Gasteiger partial charge in [-0.25, -0.2) is 8.42 Å². The van der Waals surface area contributed by atoms with Gasteiger partial charge >= 0.3 is 0 Å². The van der Waals surface area contributed by atoms with Crippen molar-refractivity contribution in [1.82, 2.24) is 0 Å². The van der Waals surface area contributed by atoms with Gasteiger partial charge in [0, 0.05) is 22.1 Å².